The average Bonchev–Trinajstić information content (AvgIpc) is 2.59. The summed E-state index contributed by atoms with van der Waals surface area (Å²) < 4.78 is 0. The highest BCUT2D eigenvalue weighted by atomic mass is 16.2. The number of nitrogens with one attached hydrogen (secondary N) is 1. The number of likely N-dealkylation sites (tertiary alicyclic amines) is 1. The monoisotopic (exact) mass is 302 g/mol. The van der Waals surface area contributed by atoms with Gasteiger partial charge in [0.15, 0.2) is 0 Å². The Morgan fingerprint density at radius 1 is 1.14 bits per heavy atom. The number of piperidine rings is 1. The number of hydrogen-bond acceptors (Lipinski definition) is 2. The van der Waals surface area contributed by atoms with Gasteiger partial charge in [-0.15, -0.1) is 0 Å². The zero-order valence-electron chi connectivity index (χ0n) is 13.4. The van der Waals surface area contributed by atoms with E-state index in [0.717, 1.165) is 44.3 Å². The van der Waals surface area contributed by atoms with Gasteiger partial charge in [0.1, 0.15) is 6.04 Å². The first-order valence-corrected chi connectivity index (χ1v) is 8.35. The normalized spacial score (nSPS) is 16.1. The smallest absolute Gasteiger partial charge is 0.249 e. The van der Waals surface area contributed by atoms with Crippen LogP contribution in [0, 0.1) is 0 Å². The molecule has 1 saturated heterocycles. The molecule has 0 saturated carbocycles. The maximum Gasteiger partial charge on any atom is 0.249 e. The standard InChI is InChI=1S/C18H26N2O2/c1-2-3-12-16(21)19-17(15-10-6-4-7-11-15)18(22)20-13-8-5-9-14-20/h4,6-7,10-11,17H,2-3,5,8-9,12-14H2,1H3,(H,19,21)/t17-/m0/s1. The van der Waals surface area contributed by atoms with Crippen LogP contribution in [0.1, 0.15) is 57.1 Å². The van der Waals surface area contributed by atoms with Crippen molar-refractivity contribution in [3.8, 4) is 0 Å². The van der Waals surface area contributed by atoms with E-state index in [1.165, 1.54) is 6.42 Å². The van der Waals surface area contributed by atoms with Crippen LogP contribution >= 0.6 is 0 Å². The van der Waals surface area contributed by atoms with Gasteiger partial charge in [-0.25, -0.2) is 0 Å². The zero-order valence-corrected chi connectivity index (χ0v) is 13.4. The fourth-order valence-electron chi connectivity index (χ4n) is 2.80. The Hall–Kier alpha value is -1.84. The highest BCUT2D eigenvalue weighted by Gasteiger charge is 2.27. The van der Waals surface area contributed by atoms with E-state index in [1.807, 2.05) is 35.2 Å². The first-order chi connectivity index (χ1) is 10.7. The molecule has 2 amide bonds. The lowest BCUT2D eigenvalue weighted by Crippen LogP contribution is -2.44. The largest absolute Gasteiger partial charge is 0.341 e. The van der Waals surface area contributed by atoms with Crippen LogP contribution in [0.25, 0.3) is 0 Å². The van der Waals surface area contributed by atoms with Gasteiger partial charge in [-0.3, -0.25) is 9.59 Å². The molecule has 0 unspecified atom stereocenters. The predicted octanol–water partition coefficient (Wildman–Crippen LogP) is 3.05. The van der Waals surface area contributed by atoms with Gasteiger partial charge in [0, 0.05) is 19.5 Å². The molecular weight excluding hydrogens is 276 g/mol. The quantitative estimate of drug-likeness (QED) is 0.878. The second-order valence-electron chi connectivity index (χ2n) is 5.90. The fourth-order valence-corrected chi connectivity index (χ4v) is 2.80. The predicted molar refractivity (Wildman–Crippen MR) is 87.3 cm³/mol. The van der Waals surface area contributed by atoms with Gasteiger partial charge in [0.2, 0.25) is 11.8 Å². The van der Waals surface area contributed by atoms with Crippen molar-refractivity contribution >= 4 is 11.8 Å². The Morgan fingerprint density at radius 3 is 2.45 bits per heavy atom. The van der Waals surface area contributed by atoms with Gasteiger partial charge < -0.3 is 10.2 Å². The molecule has 1 aromatic rings. The average molecular weight is 302 g/mol. The number of hydrogen-bond donors (Lipinski definition) is 1. The summed E-state index contributed by atoms with van der Waals surface area (Å²) in [5.74, 6) is -0.0168. The van der Waals surface area contributed by atoms with Crippen molar-refractivity contribution in [3.05, 3.63) is 35.9 Å². The van der Waals surface area contributed by atoms with Crippen LogP contribution in [0.3, 0.4) is 0 Å². The van der Waals surface area contributed by atoms with Gasteiger partial charge in [0.25, 0.3) is 0 Å². The van der Waals surface area contributed by atoms with Crippen molar-refractivity contribution in [2.45, 2.75) is 51.5 Å². The molecule has 2 rings (SSSR count). The van der Waals surface area contributed by atoms with Crippen molar-refractivity contribution in [3.63, 3.8) is 0 Å². The van der Waals surface area contributed by atoms with Crippen LogP contribution < -0.4 is 5.32 Å². The fraction of sp³-hybridized carbons (Fsp3) is 0.556. The first kappa shape index (κ1) is 16.5. The number of unbranched alkanes of at least 4 members (excludes halogenated alkanes) is 1. The molecule has 1 aromatic carbocycles. The Morgan fingerprint density at radius 2 is 1.82 bits per heavy atom. The summed E-state index contributed by atoms with van der Waals surface area (Å²) >= 11 is 0. The minimum atomic E-state index is -0.552. The molecular formula is C18H26N2O2. The highest BCUT2D eigenvalue weighted by Crippen LogP contribution is 2.19. The molecule has 0 aliphatic carbocycles. The lowest BCUT2D eigenvalue weighted by molar-refractivity contribution is -0.137. The van der Waals surface area contributed by atoms with Crippen molar-refractivity contribution < 1.29 is 9.59 Å². The Labute approximate surface area is 132 Å². The van der Waals surface area contributed by atoms with E-state index in [9.17, 15) is 9.59 Å². The van der Waals surface area contributed by atoms with Gasteiger partial charge in [-0.1, -0.05) is 43.7 Å². The number of carbonyl (C=O) groups is 2. The summed E-state index contributed by atoms with van der Waals surface area (Å²) in [4.78, 5) is 26.8. The minimum absolute atomic E-state index is 0.0238. The van der Waals surface area contributed by atoms with Crippen LogP contribution in [-0.4, -0.2) is 29.8 Å². The van der Waals surface area contributed by atoms with E-state index >= 15 is 0 Å². The molecule has 0 spiro atoms. The third kappa shape index (κ3) is 4.58. The summed E-state index contributed by atoms with van der Waals surface area (Å²) in [5, 5.41) is 2.94. The Balaban J connectivity index is 2.10. The molecule has 120 valence electrons. The summed E-state index contributed by atoms with van der Waals surface area (Å²) in [7, 11) is 0. The summed E-state index contributed by atoms with van der Waals surface area (Å²) in [5.41, 5.74) is 0.864. The number of rotatable bonds is 6. The summed E-state index contributed by atoms with van der Waals surface area (Å²) in [6, 6.07) is 9.00. The molecule has 4 heteroatoms. The lowest BCUT2D eigenvalue weighted by atomic mass is 10.0. The van der Waals surface area contributed by atoms with Crippen molar-refractivity contribution in [1.29, 1.82) is 0 Å². The molecule has 0 bridgehead atoms. The topological polar surface area (TPSA) is 49.4 Å². The highest BCUT2D eigenvalue weighted by molar-refractivity contribution is 5.88. The number of nitrogens with zero attached hydrogens (tertiary/aromatic N) is 1. The summed E-state index contributed by atoms with van der Waals surface area (Å²) in [6.45, 7) is 3.65. The van der Waals surface area contributed by atoms with Gasteiger partial charge in [0.05, 0.1) is 0 Å². The van der Waals surface area contributed by atoms with Crippen LogP contribution in [0.4, 0.5) is 0 Å². The molecule has 0 aromatic heterocycles. The number of amides is 2. The number of benzene rings is 1. The van der Waals surface area contributed by atoms with Gasteiger partial charge in [-0.05, 0) is 31.2 Å². The third-order valence-electron chi connectivity index (χ3n) is 4.11. The summed E-state index contributed by atoms with van der Waals surface area (Å²) in [6.07, 6.45) is 5.60. The van der Waals surface area contributed by atoms with E-state index in [-0.39, 0.29) is 11.8 Å². The molecule has 1 aliphatic heterocycles. The van der Waals surface area contributed by atoms with Gasteiger partial charge in [-0.2, -0.15) is 0 Å². The third-order valence-corrected chi connectivity index (χ3v) is 4.11. The van der Waals surface area contributed by atoms with E-state index in [0.29, 0.717) is 6.42 Å². The van der Waals surface area contributed by atoms with E-state index in [1.54, 1.807) is 0 Å². The Bertz CT molecular complexity index is 481. The SMILES string of the molecule is CCCCC(=O)N[C@H](C(=O)N1CCCCC1)c1ccccc1. The molecule has 1 atom stereocenters. The molecule has 4 nitrogen and oxygen atoms in total. The van der Waals surface area contributed by atoms with Crippen LogP contribution in [-0.2, 0) is 9.59 Å². The maximum atomic E-state index is 12.8. The van der Waals surface area contributed by atoms with Crippen molar-refractivity contribution in [2.75, 3.05) is 13.1 Å². The second kappa shape index (κ2) is 8.57. The number of carbonyl (C=O) groups excluding carboxylic acids is 2. The van der Waals surface area contributed by atoms with Crippen molar-refractivity contribution in [1.82, 2.24) is 10.2 Å². The molecule has 1 fully saturated rings. The van der Waals surface area contributed by atoms with Crippen LogP contribution in [0.5, 0.6) is 0 Å². The first-order valence-electron chi connectivity index (χ1n) is 8.35. The van der Waals surface area contributed by atoms with Gasteiger partial charge >= 0.3 is 0 Å². The molecule has 1 N–H and O–H groups in total. The molecule has 22 heavy (non-hydrogen) atoms. The zero-order chi connectivity index (χ0) is 15.8. The van der Waals surface area contributed by atoms with Crippen LogP contribution in [0.15, 0.2) is 30.3 Å². The molecule has 1 heterocycles. The van der Waals surface area contributed by atoms with Crippen LogP contribution in [0.2, 0.25) is 0 Å². The maximum absolute atomic E-state index is 12.8. The minimum Gasteiger partial charge on any atom is -0.341 e. The molecule has 0 radical (unpaired) electrons. The Kier molecular flexibility index (Phi) is 6.44. The van der Waals surface area contributed by atoms with E-state index < -0.39 is 6.04 Å². The van der Waals surface area contributed by atoms with E-state index in [4.69, 9.17) is 0 Å². The van der Waals surface area contributed by atoms with E-state index in [2.05, 4.69) is 12.2 Å². The lowest BCUT2D eigenvalue weighted by Gasteiger charge is -2.31. The van der Waals surface area contributed by atoms with Crippen molar-refractivity contribution in [2.24, 2.45) is 0 Å². The second-order valence-corrected chi connectivity index (χ2v) is 5.90. The molecule has 1 aliphatic rings.